The van der Waals surface area contributed by atoms with Gasteiger partial charge in [0, 0.05) is 5.56 Å². The topological polar surface area (TPSA) is 106 Å². The molecule has 0 spiro atoms. The number of rotatable bonds is 11. The minimum atomic E-state index is -1.05. The molecule has 0 aliphatic carbocycles. The zero-order valence-corrected chi connectivity index (χ0v) is 18.1. The van der Waals surface area contributed by atoms with Gasteiger partial charge in [-0.25, -0.2) is 10.2 Å². The van der Waals surface area contributed by atoms with Gasteiger partial charge in [0.1, 0.15) is 12.4 Å². The highest BCUT2D eigenvalue weighted by Gasteiger charge is 2.11. The Labute approximate surface area is 191 Å². The molecular formula is C25H24N2O6. The summed E-state index contributed by atoms with van der Waals surface area (Å²) in [6.45, 7) is 2.26. The lowest BCUT2D eigenvalue weighted by molar-refractivity contribution is -0.139. The predicted molar refractivity (Wildman–Crippen MR) is 123 cm³/mol. The molecule has 0 saturated heterocycles. The Hall–Kier alpha value is -4.33. The first-order chi connectivity index (χ1) is 16.0. The molecule has 0 bridgehead atoms. The molecule has 0 fully saturated rings. The number of benzene rings is 3. The number of nitrogens with one attached hydrogen (secondary N) is 1. The first-order valence-corrected chi connectivity index (χ1v) is 10.3. The second kappa shape index (κ2) is 11.9. The van der Waals surface area contributed by atoms with Crippen LogP contribution in [0.15, 0.2) is 77.9 Å². The SMILES string of the molecule is CCOc1cc(C(=O)N/N=C/c2ccc(OCC(=O)O)cc2)ccc1OCc1ccccc1. The third kappa shape index (κ3) is 7.39. The number of carbonyl (C=O) groups excluding carboxylic acids is 1. The van der Waals surface area contributed by atoms with Crippen LogP contribution >= 0.6 is 0 Å². The number of carboxylic acids is 1. The van der Waals surface area contributed by atoms with Crippen molar-refractivity contribution in [1.82, 2.24) is 5.43 Å². The van der Waals surface area contributed by atoms with Gasteiger partial charge >= 0.3 is 5.97 Å². The highest BCUT2D eigenvalue weighted by molar-refractivity contribution is 5.95. The summed E-state index contributed by atoms with van der Waals surface area (Å²) in [5.74, 6) is -0.000516. The number of amides is 1. The maximum Gasteiger partial charge on any atom is 0.341 e. The highest BCUT2D eigenvalue weighted by atomic mass is 16.5. The Morgan fingerprint density at radius 2 is 1.70 bits per heavy atom. The molecule has 3 aromatic carbocycles. The molecule has 3 rings (SSSR count). The van der Waals surface area contributed by atoms with E-state index in [-0.39, 0.29) is 0 Å². The van der Waals surface area contributed by atoms with Crippen molar-refractivity contribution in [3.05, 3.63) is 89.5 Å². The van der Waals surface area contributed by atoms with Gasteiger partial charge in [0.25, 0.3) is 5.91 Å². The fourth-order valence-corrected chi connectivity index (χ4v) is 2.80. The van der Waals surface area contributed by atoms with Crippen LogP contribution in [0.1, 0.15) is 28.4 Å². The number of nitrogens with zero attached hydrogens (tertiary/aromatic N) is 1. The normalized spacial score (nSPS) is 10.6. The third-order valence-corrected chi connectivity index (χ3v) is 4.37. The first-order valence-electron chi connectivity index (χ1n) is 10.3. The molecule has 170 valence electrons. The van der Waals surface area contributed by atoms with Gasteiger partial charge in [-0.15, -0.1) is 0 Å². The maximum atomic E-state index is 12.5. The molecular weight excluding hydrogens is 424 g/mol. The van der Waals surface area contributed by atoms with Crippen LogP contribution in [0, 0.1) is 0 Å². The molecule has 0 aliphatic heterocycles. The lowest BCUT2D eigenvalue weighted by atomic mass is 10.2. The monoisotopic (exact) mass is 448 g/mol. The Kier molecular flexibility index (Phi) is 8.41. The first kappa shape index (κ1) is 23.3. The van der Waals surface area contributed by atoms with Gasteiger partial charge in [0.2, 0.25) is 0 Å². The number of aliphatic carboxylic acids is 1. The van der Waals surface area contributed by atoms with Crippen molar-refractivity contribution in [3.63, 3.8) is 0 Å². The van der Waals surface area contributed by atoms with E-state index >= 15 is 0 Å². The molecule has 0 heterocycles. The molecule has 3 aromatic rings. The molecule has 0 unspecified atom stereocenters. The molecule has 33 heavy (non-hydrogen) atoms. The van der Waals surface area contributed by atoms with Crippen LogP contribution in [-0.2, 0) is 11.4 Å². The Morgan fingerprint density at radius 1 is 0.939 bits per heavy atom. The lowest BCUT2D eigenvalue weighted by Crippen LogP contribution is -2.17. The van der Waals surface area contributed by atoms with Crippen molar-refractivity contribution in [2.24, 2.45) is 5.10 Å². The predicted octanol–water partition coefficient (Wildman–Crippen LogP) is 3.89. The summed E-state index contributed by atoms with van der Waals surface area (Å²) in [6, 6.07) is 21.3. The minimum absolute atomic E-state index is 0.375. The van der Waals surface area contributed by atoms with E-state index in [4.69, 9.17) is 19.3 Å². The van der Waals surface area contributed by atoms with Crippen molar-refractivity contribution in [2.75, 3.05) is 13.2 Å². The summed E-state index contributed by atoms with van der Waals surface area (Å²) in [5, 5.41) is 12.6. The average molecular weight is 448 g/mol. The quantitative estimate of drug-likeness (QED) is 0.340. The van der Waals surface area contributed by atoms with E-state index in [1.165, 1.54) is 6.21 Å². The van der Waals surface area contributed by atoms with Crippen LogP contribution in [0.2, 0.25) is 0 Å². The second-order valence-corrected chi connectivity index (χ2v) is 6.82. The van der Waals surface area contributed by atoms with Crippen LogP contribution in [0.4, 0.5) is 0 Å². The van der Waals surface area contributed by atoms with E-state index in [2.05, 4.69) is 10.5 Å². The molecule has 0 saturated carbocycles. The lowest BCUT2D eigenvalue weighted by Gasteiger charge is -2.13. The zero-order valence-electron chi connectivity index (χ0n) is 18.1. The molecule has 8 heteroatoms. The summed E-state index contributed by atoms with van der Waals surface area (Å²) in [5.41, 5.74) is 4.58. The van der Waals surface area contributed by atoms with E-state index < -0.39 is 18.5 Å². The largest absolute Gasteiger partial charge is 0.490 e. The molecule has 0 aliphatic rings. The van der Waals surface area contributed by atoms with Crippen molar-refractivity contribution < 1.29 is 28.9 Å². The highest BCUT2D eigenvalue weighted by Crippen LogP contribution is 2.29. The Balaban J connectivity index is 1.59. The molecule has 2 N–H and O–H groups in total. The molecule has 8 nitrogen and oxygen atoms in total. The zero-order chi connectivity index (χ0) is 23.5. The number of carboxylic acid groups (broad SMARTS) is 1. The fourth-order valence-electron chi connectivity index (χ4n) is 2.80. The van der Waals surface area contributed by atoms with Crippen molar-refractivity contribution in [3.8, 4) is 17.2 Å². The molecule has 0 atom stereocenters. The number of hydrogen-bond acceptors (Lipinski definition) is 6. The number of ether oxygens (including phenoxy) is 3. The van der Waals surface area contributed by atoms with E-state index in [9.17, 15) is 9.59 Å². The number of carbonyl (C=O) groups is 2. The Morgan fingerprint density at radius 3 is 2.39 bits per heavy atom. The van der Waals surface area contributed by atoms with Gasteiger partial charge in [-0.3, -0.25) is 4.79 Å². The summed E-state index contributed by atoms with van der Waals surface area (Å²) in [7, 11) is 0. The van der Waals surface area contributed by atoms with Gasteiger partial charge in [-0.05, 0) is 60.5 Å². The fraction of sp³-hybridized carbons (Fsp3) is 0.160. The van der Waals surface area contributed by atoms with Crippen LogP contribution in [0.25, 0.3) is 0 Å². The smallest absolute Gasteiger partial charge is 0.341 e. The van der Waals surface area contributed by atoms with Gasteiger partial charge in [-0.1, -0.05) is 30.3 Å². The summed E-state index contributed by atoms with van der Waals surface area (Å²) in [6.07, 6.45) is 1.47. The van der Waals surface area contributed by atoms with Gasteiger partial charge in [-0.2, -0.15) is 5.10 Å². The summed E-state index contributed by atoms with van der Waals surface area (Å²) >= 11 is 0. The van der Waals surface area contributed by atoms with Crippen molar-refractivity contribution >= 4 is 18.1 Å². The molecule has 0 radical (unpaired) electrons. The molecule has 0 aromatic heterocycles. The van der Waals surface area contributed by atoms with Crippen LogP contribution in [0.5, 0.6) is 17.2 Å². The minimum Gasteiger partial charge on any atom is -0.490 e. The van der Waals surface area contributed by atoms with Crippen molar-refractivity contribution in [2.45, 2.75) is 13.5 Å². The van der Waals surface area contributed by atoms with Gasteiger partial charge in [0.05, 0.1) is 12.8 Å². The van der Waals surface area contributed by atoms with Gasteiger partial charge in [0.15, 0.2) is 18.1 Å². The number of hydrazone groups is 1. The van der Waals surface area contributed by atoms with E-state index in [0.717, 1.165) is 5.56 Å². The van der Waals surface area contributed by atoms with Crippen molar-refractivity contribution in [1.29, 1.82) is 0 Å². The Bertz CT molecular complexity index is 1100. The third-order valence-electron chi connectivity index (χ3n) is 4.37. The van der Waals surface area contributed by atoms with Gasteiger partial charge < -0.3 is 19.3 Å². The molecule has 1 amide bonds. The standard InChI is InChI=1S/C25H24N2O6/c1-2-31-23-14-20(10-13-22(23)33-16-19-6-4-3-5-7-19)25(30)27-26-15-18-8-11-21(12-9-18)32-17-24(28)29/h3-15H,2,16-17H2,1H3,(H,27,30)(H,28,29)/b26-15+. The second-order valence-electron chi connectivity index (χ2n) is 6.82. The van der Waals surface area contributed by atoms with E-state index in [0.29, 0.717) is 41.6 Å². The average Bonchev–Trinajstić information content (AvgIpc) is 2.83. The van der Waals surface area contributed by atoms with E-state index in [1.54, 1.807) is 42.5 Å². The summed E-state index contributed by atoms with van der Waals surface area (Å²) < 4.78 is 16.6. The summed E-state index contributed by atoms with van der Waals surface area (Å²) in [4.78, 5) is 23.0. The van der Waals surface area contributed by atoms with Crippen LogP contribution in [-0.4, -0.2) is 36.4 Å². The maximum absolute atomic E-state index is 12.5. The van der Waals surface area contributed by atoms with Crippen LogP contribution < -0.4 is 19.6 Å². The van der Waals surface area contributed by atoms with Crippen LogP contribution in [0.3, 0.4) is 0 Å². The van der Waals surface area contributed by atoms with E-state index in [1.807, 2.05) is 37.3 Å². The number of hydrogen-bond donors (Lipinski definition) is 2.